The minimum absolute atomic E-state index is 0.0379. The van der Waals surface area contributed by atoms with Crippen molar-refractivity contribution in [2.24, 2.45) is 5.92 Å². The van der Waals surface area contributed by atoms with Gasteiger partial charge in [-0.15, -0.1) is 0 Å². The van der Waals surface area contributed by atoms with Crippen LogP contribution >= 0.6 is 0 Å². The number of aromatic nitrogens is 1. The second kappa shape index (κ2) is 11.1. The molecule has 0 bridgehead atoms. The molecule has 33 heavy (non-hydrogen) atoms. The molecule has 1 fully saturated rings. The molecular weight excluding hydrogens is 420 g/mol. The lowest BCUT2D eigenvalue weighted by molar-refractivity contribution is -0.288. The molecule has 2 aromatic rings. The van der Waals surface area contributed by atoms with Crippen LogP contribution in [0.2, 0.25) is 0 Å². The first-order chi connectivity index (χ1) is 15.8. The monoisotopic (exact) mass is 450 g/mol. The van der Waals surface area contributed by atoms with Gasteiger partial charge in [0.1, 0.15) is 11.8 Å². The lowest BCUT2D eigenvalue weighted by Gasteiger charge is -2.43. The Hall–Kier alpha value is -3.21. The molecule has 7 heteroatoms. The van der Waals surface area contributed by atoms with Crippen LogP contribution in [0.25, 0.3) is 0 Å². The number of aliphatic carboxylic acids is 1. The van der Waals surface area contributed by atoms with Gasteiger partial charge in [-0.1, -0.05) is 24.3 Å². The lowest BCUT2D eigenvalue weighted by atomic mass is 9.92. The van der Waals surface area contributed by atoms with E-state index in [0.717, 1.165) is 11.1 Å². The molecule has 0 spiro atoms. The van der Waals surface area contributed by atoms with Crippen LogP contribution < -0.4 is 4.74 Å². The second-order valence-electron chi connectivity index (χ2n) is 8.72. The van der Waals surface area contributed by atoms with Gasteiger partial charge >= 0.3 is 5.97 Å². The molecule has 3 unspecified atom stereocenters. The van der Waals surface area contributed by atoms with Crippen LogP contribution in [0.3, 0.4) is 0 Å². The standard InChI is InChI=1S/C26H30N2O5/c1-18-11-12-19(15-27)22(14-18)33-26(2,3)25-31-17-21(8-5-4-6-10-23(29)30)24(32-25)20-9-7-13-28-16-20/h4-5,7,9,11-14,16,21,24-25H,6,8,10,17H2,1-3H3,(H,29,30)/b5-4-. The van der Waals surface area contributed by atoms with Crippen molar-refractivity contribution >= 4 is 5.97 Å². The summed E-state index contributed by atoms with van der Waals surface area (Å²) in [5, 5.41) is 18.3. The van der Waals surface area contributed by atoms with E-state index in [4.69, 9.17) is 19.3 Å². The summed E-state index contributed by atoms with van der Waals surface area (Å²) in [6, 6.07) is 11.5. The van der Waals surface area contributed by atoms with Crippen molar-refractivity contribution in [3.05, 3.63) is 71.6 Å². The molecule has 1 aliphatic heterocycles. The fraction of sp³-hybridized carbons (Fsp3) is 0.423. The Bertz CT molecular complexity index is 1010. The Morgan fingerprint density at radius 2 is 2.18 bits per heavy atom. The van der Waals surface area contributed by atoms with Gasteiger partial charge in [0.2, 0.25) is 0 Å². The van der Waals surface area contributed by atoms with Crippen molar-refractivity contribution in [3.63, 3.8) is 0 Å². The highest BCUT2D eigenvalue weighted by molar-refractivity contribution is 5.66. The minimum Gasteiger partial charge on any atom is -0.481 e. The molecule has 3 atom stereocenters. The van der Waals surface area contributed by atoms with E-state index in [0.29, 0.717) is 30.8 Å². The Labute approximate surface area is 194 Å². The van der Waals surface area contributed by atoms with Gasteiger partial charge in [-0.05, 0) is 62.9 Å². The fourth-order valence-corrected chi connectivity index (χ4v) is 3.77. The number of rotatable bonds is 9. The lowest BCUT2D eigenvalue weighted by Crippen LogP contribution is -2.50. The number of hydrogen-bond donors (Lipinski definition) is 1. The van der Waals surface area contributed by atoms with Crippen LogP contribution in [-0.4, -0.2) is 34.6 Å². The summed E-state index contributed by atoms with van der Waals surface area (Å²) in [6.45, 7) is 6.15. The number of ether oxygens (including phenoxy) is 3. The molecule has 174 valence electrons. The van der Waals surface area contributed by atoms with Crippen LogP contribution in [0.4, 0.5) is 0 Å². The molecule has 1 aromatic carbocycles. The van der Waals surface area contributed by atoms with E-state index < -0.39 is 17.9 Å². The zero-order chi connectivity index (χ0) is 23.8. The number of benzene rings is 1. The fourth-order valence-electron chi connectivity index (χ4n) is 3.77. The Kier molecular flexibility index (Phi) is 8.21. The maximum atomic E-state index is 10.7. The van der Waals surface area contributed by atoms with Gasteiger partial charge < -0.3 is 19.3 Å². The zero-order valence-corrected chi connectivity index (χ0v) is 19.2. The van der Waals surface area contributed by atoms with Crippen molar-refractivity contribution in [2.75, 3.05) is 6.61 Å². The number of carbonyl (C=O) groups is 1. The van der Waals surface area contributed by atoms with Crippen molar-refractivity contribution in [1.82, 2.24) is 4.98 Å². The molecule has 0 saturated carbocycles. The van der Waals surface area contributed by atoms with Crippen LogP contribution in [0, 0.1) is 24.2 Å². The maximum absolute atomic E-state index is 10.7. The summed E-state index contributed by atoms with van der Waals surface area (Å²) in [5.41, 5.74) is 1.53. The van der Waals surface area contributed by atoms with Crippen molar-refractivity contribution in [2.45, 2.75) is 58.0 Å². The van der Waals surface area contributed by atoms with E-state index in [2.05, 4.69) is 11.1 Å². The predicted octanol–water partition coefficient (Wildman–Crippen LogP) is 4.96. The van der Waals surface area contributed by atoms with Gasteiger partial charge in [0, 0.05) is 24.7 Å². The van der Waals surface area contributed by atoms with Crippen molar-refractivity contribution in [3.8, 4) is 11.8 Å². The normalized spacial score (nSPS) is 21.0. The summed E-state index contributed by atoms with van der Waals surface area (Å²) in [7, 11) is 0. The number of nitriles is 1. The first-order valence-electron chi connectivity index (χ1n) is 11.0. The van der Waals surface area contributed by atoms with Crippen LogP contribution in [0.5, 0.6) is 5.75 Å². The third kappa shape index (κ3) is 6.64. The molecule has 1 saturated heterocycles. The molecular formula is C26H30N2O5. The van der Waals surface area contributed by atoms with Crippen LogP contribution in [0.1, 0.15) is 55.9 Å². The van der Waals surface area contributed by atoms with E-state index in [1.807, 2.05) is 57.2 Å². The SMILES string of the molecule is Cc1ccc(C#N)c(OC(C)(C)C2OCC(C/C=C\CCC(=O)O)C(c3cccnc3)O2)c1. The van der Waals surface area contributed by atoms with Crippen LogP contribution in [-0.2, 0) is 14.3 Å². The smallest absolute Gasteiger partial charge is 0.303 e. The van der Waals surface area contributed by atoms with Gasteiger partial charge in [-0.2, -0.15) is 5.26 Å². The molecule has 7 nitrogen and oxygen atoms in total. The predicted molar refractivity (Wildman–Crippen MR) is 123 cm³/mol. The summed E-state index contributed by atoms with van der Waals surface area (Å²) >= 11 is 0. The molecule has 1 aliphatic rings. The van der Waals surface area contributed by atoms with Crippen LogP contribution in [0.15, 0.2) is 54.9 Å². The van der Waals surface area contributed by atoms with Gasteiger partial charge in [-0.3, -0.25) is 9.78 Å². The molecule has 0 amide bonds. The molecule has 0 aliphatic carbocycles. The topological polar surface area (TPSA) is 102 Å². The zero-order valence-electron chi connectivity index (χ0n) is 19.2. The van der Waals surface area contributed by atoms with Crippen molar-refractivity contribution in [1.29, 1.82) is 5.26 Å². The molecule has 1 N–H and O–H groups in total. The maximum Gasteiger partial charge on any atom is 0.303 e. The Morgan fingerprint density at radius 1 is 1.36 bits per heavy atom. The Balaban J connectivity index is 1.76. The third-order valence-electron chi connectivity index (χ3n) is 5.50. The van der Waals surface area contributed by atoms with E-state index in [1.165, 1.54) is 0 Å². The highest BCUT2D eigenvalue weighted by atomic mass is 16.7. The third-order valence-corrected chi connectivity index (χ3v) is 5.50. The summed E-state index contributed by atoms with van der Waals surface area (Å²) in [4.78, 5) is 15.0. The second-order valence-corrected chi connectivity index (χ2v) is 8.72. The van der Waals surface area contributed by atoms with E-state index in [1.54, 1.807) is 18.5 Å². The van der Waals surface area contributed by atoms with E-state index in [9.17, 15) is 10.1 Å². The van der Waals surface area contributed by atoms with Gasteiger partial charge in [0.25, 0.3) is 0 Å². The summed E-state index contributed by atoms with van der Waals surface area (Å²) in [5.74, 6) is -0.275. The Morgan fingerprint density at radius 3 is 2.88 bits per heavy atom. The van der Waals surface area contributed by atoms with Gasteiger partial charge in [0.05, 0.1) is 18.3 Å². The number of allylic oxidation sites excluding steroid dienone is 2. The number of carboxylic acid groups (broad SMARTS) is 1. The van der Waals surface area contributed by atoms with E-state index in [-0.39, 0.29) is 18.4 Å². The number of carboxylic acids is 1. The molecule has 0 radical (unpaired) electrons. The number of hydrogen-bond acceptors (Lipinski definition) is 6. The highest BCUT2D eigenvalue weighted by Crippen LogP contribution is 2.38. The minimum atomic E-state index is -0.859. The number of pyridine rings is 1. The highest BCUT2D eigenvalue weighted by Gasteiger charge is 2.42. The average Bonchev–Trinajstić information content (AvgIpc) is 2.79. The average molecular weight is 451 g/mol. The van der Waals surface area contributed by atoms with Gasteiger partial charge in [-0.25, -0.2) is 0 Å². The van der Waals surface area contributed by atoms with Crippen molar-refractivity contribution < 1.29 is 24.1 Å². The molecule has 2 heterocycles. The largest absolute Gasteiger partial charge is 0.481 e. The van der Waals surface area contributed by atoms with E-state index >= 15 is 0 Å². The number of nitrogens with zero attached hydrogens (tertiary/aromatic N) is 2. The molecule has 3 rings (SSSR count). The summed E-state index contributed by atoms with van der Waals surface area (Å²) in [6.07, 6.45) is 7.72. The quantitative estimate of drug-likeness (QED) is 0.539. The first kappa shape index (κ1) is 24.4. The molecule has 1 aromatic heterocycles. The number of aryl methyl sites for hydroxylation is 1. The summed E-state index contributed by atoms with van der Waals surface area (Å²) < 4.78 is 18.8. The first-order valence-corrected chi connectivity index (χ1v) is 11.0. The van der Waals surface area contributed by atoms with Gasteiger partial charge in [0.15, 0.2) is 11.9 Å².